The summed E-state index contributed by atoms with van der Waals surface area (Å²) in [5, 5.41) is 0. The monoisotopic (exact) mass is 386 g/mol. The molecule has 1 aliphatic carbocycles. The first-order valence-corrected chi connectivity index (χ1v) is 10.8. The van der Waals surface area contributed by atoms with Crippen LogP contribution in [0.4, 0.5) is 0 Å². The number of piperidine rings is 1. The molecular weight excluding hydrogens is 356 g/mol. The molecule has 1 amide bonds. The fraction of sp³-hybridized carbons (Fsp3) is 0.762. The van der Waals surface area contributed by atoms with Gasteiger partial charge in [0.15, 0.2) is 0 Å². The normalized spacial score (nSPS) is 28.3. The molecule has 1 aromatic heterocycles. The topological polar surface area (TPSA) is 67.8 Å². The van der Waals surface area contributed by atoms with Crippen molar-refractivity contribution in [2.45, 2.75) is 56.2 Å². The van der Waals surface area contributed by atoms with E-state index in [0.717, 1.165) is 71.1 Å². The van der Waals surface area contributed by atoms with Gasteiger partial charge in [0.1, 0.15) is 5.69 Å². The van der Waals surface area contributed by atoms with Crippen LogP contribution < -0.4 is 0 Å². The molecule has 1 aromatic rings. The highest BCUT2D eigenvalue weighted by Crippen LogP contribution is 2.45. The van der Waals surface area contributed by atoms with Gasteiger partial charge in [-0.05, 0) is 44.4 Å². The lowest BCUT2D eigenvalue weighted by Crippen LogP contribution is -2.76. The standard InChI is InChI=1S/C21H30N4O3/c26-20(18-13-22-7-8-23-18)24-9-3-17(4-10-24)25-14-19(28-15-16-1-2-16)21(25)5-11-27-12-6-21/h7-8,13,16-17,19H,1-6,9-12,14-15H2. The van der Waals surface area contributed by atoms with E-state index in [9.17, 15) is 4.79 Å². The van der Waals surface area contributed by atoms with E-state index in [0.29, 0.717) is 17.8 Å². The Bertz CT molecular complexity index is 682. The molecule has 1 saturated carbocycles. The third-order valence-electron chi connectivity index (χ3n) is 7.10. The Morgan fingerprint density at radius 2 is 1.96 bits per heavy atom. The summed E-state index contributed by atoms with van der Waals surface area (Å²) in [6, 6.07) is 0.532. The van der Waals surface area contributed by atoms with Crippen molar-refractivity contribution in [2.24, 2.45) is 5.92 Å². The van der Waals surface area contributed by atoms with Crippen LogP contribution in [0, 0.1) is 5.92 Å². The number of hydrogen-bond acceptors (Lipinski definition) is 6. The zero-order chi connectivity index (χ0) is 19.0. The summed E-state index contributed by atoms with van der Waals surface area (Å²) in [5.41, 5.74) is 0.605. The molecule has 4 fully saturated rings. The summed E-state index contributed by atoms with van der Waals surface area (Å²) in [7, 11) is 0. The fourth-order valence-corrected chi connectivity index (χ4v) is 5.15. The molecule has 4 heterocycles. The quantitative estimate of drug-likeness (QED) is 0.768. The Hall–Kier alpha value is -1.57. The molecule has 0 bridgehead atoms. The molecule has 3 saturated heterocycles. The number of nitrogens with zero attached hydrogens (tertiary/aromatic N) is 4. The van der Waals surface area contributed by atoms with E-state index in [2.05, 4.69) is 14.9 Å². The lowest BCUT2D eigenvalue weighted by molar-refractivity contribution is -0.217. The van der Waals surface area contributed by atoms with Gasteiger partial charge in [0.2, 0.25) is 0 Å². The molecule has 3 aliphatic heterocycles. The van der Waals surface area contributed by atoms with Crippen LogP contribution in [0.25, 0.3) is 0 Å². The second kappa shape index (κ2) is 7.69. The summed E-state index contributed by atoms with van der Waals surface area (Å²) in [5.74, 6) is 0.808. The lowest BCUT2D eigenvalue weighted by Gasteiger charge is -2.63. The molecule has 1 unspecified atom stereocenters. The minimum absolute atomic E-state index is 0.00147. The van der Waals surface area contributed by atoms with Gasteiger partial charge in [-0.2, -0.15) is 0 Å². The molecule has 28 heavy (non-hydrogen) atoms. The molecule has 1 spiro atoms. The highest BCUT2D eigenvalue weighted by molar-refractivity contribution is 5.92. The number of amides is 1. The van der Waals surface area contributed by atoms with Crippen LogP contribution in [0.15, 0.2) is 18.6 Å². The first-order valence-electron chi connectivity index (χ1n) is 10.8. The van der Waals surface area contributed by atoms with E-state index in [-0.39, 0.29) is 11.4 Å². The largest absolute Gasteiger partial charge is 0.381 e. The molecule has 4 aliphatic rings. The summed E-state index contributed by atoms with van der Waals surface area (Å²) in [6.07, 6.45) is 11.9. The predicted molar refractivity (Wildman–Crippen MR) is 103 cm³/mol. The van der Waals surface area contributed by atoms with Crippen molar-refractivity contribution < 1.29 is 14.3 Å². The van der Waals surface area contributed by atoms with Crippen LogP contribution in [-0.2, 0) is 9.47 Å². The van der Waals surface area contributed by atoms with Gasteiger partial charge in [-0.3, -0.25) is 14.7 Å². The van der Waals surface area contributed by atoms with Gasteiger partial charge < -0.3 is 14.4 Å². The van der Waals surface area contributed by atoms with E-state index in [1.807, 2.05) is 4.90 Å². The van der Waals surface area contributed by atoms with Gasteiger partial charge in [-0.25, -0.2) is 4.98 Å². The molecule has 0 radical (unpaired) electrons. The van der Waals surface area contributed by atoms with Gasteiger partial charge in [0.05, 0.1) is 17.8 Å². The third kappa shape index (κ3) is 3.44. The van der Waals surface area contributed by atoms with E-state index in [4.69, 9.17) is 9.47 Å². The van der Waals surface area contributed by atoms with Crippen molar-refractivity contribution in [2.75, 3.05) is 39.5 Å². The molecule has 1 atom stereocenters. The molecule has 0 aromatic carbocycles. The first-order chi connectivity index (χ1) is 13.8. The number of aromatic nitrogens is 2. The van der Waals surface area contributed by atoms with Crippen LogP contribution in [0.5, 0.6) is 0 Å². The molecule has 7 nitrogen and oxygen atoms in total. The van der Waals surface area contributed by atoms with Gasteiger partial charge in [-0.15, -0.1) is 0 Å². The molecule has 7 heteroatoms. The number of ether oxygens (including phenoxy) is 2. The second-order valence-electron chi connectivity index (χ2n) is 8.75. The minimum Gasteiger partial charge on any atom is -0.381 e. The smallest absolute Gasteiger partial charge is 0.274 e. The van der Waals surface area contributed by atoms with Gasteiger partial charge in [0.25, 0.3) is 5.91 Å². The van der Waals surface area contributed by atoms with Crippen LogP contribution in [0.3, 0.4) is 0 Å². The Kier molecular flexibility index (Phi) is 5.07. The zero-order valence-corrected chi connectivity index (χ0v) is 16.5. The molecule has 152 valence electrons. The van der Waals surface area contributed by atoms with Crippen LogP contribution in [0.1, 0.15) is 49.0 Å². The van der Waals surface area contributed by atoms with E-state index in [1.165, 1.54) is 12.8 Å². The number of rotatable bonds is 5. The highest BCUT2D eigenvalue weighted by atomic mass is 16.5. The van der Waals surface area contributed by atoms with Crippen molar-refractivity contribution in [1.82, 2.24) is 19.8 Å². The maximum Gasteiger partial charge on any atom is 0.274 e. The van der Waals surface area contributed by atoms with Crippen molar-refractivity contribution >= 4 is 5.91 Å². The molecule has 5 rings (SSSR count). The summed E-state index contributed by atoms with van der Waals surface area (Å²) in [6.45, 7) is 5.22. The van der Waals surface area contributed by atoms with Gasteiger partial charge in [0, 0.05) is 57.9 Å². The maximum absolute atomic E-state index is 12.6. The average Bonchev–Trinajstić information content (AvgIpc) is 3.58. The number of carbonyl (C=O) groups is 1. The Balaban J connectivity index is 1.20. The first kappa shape index (κ1) is 18.5. The maximum atomic E-state index is 12.6. The number of hydrogen-bond donors (Lipinski definition) is 0. The van der Waals surface area contributed by atoms with Crippen LogP contribution >= 0.6 is 0 Å². The fourth-order valence-electron chi connectivity index (χ4n) is 5.15. The minimum atomic E-state index is 0.00147. The summed E-state index contributed by atoms with van der Waals surface area (Å²) >= 11 is 0. The van der Waals surface area contributed by atoms with E-state index < -0.39 is 0 Å². The molecule has 0 N–H and O–H groups in total. The Morgan fingerprint density at radius 1 is 1.18 bits per heavy atom. The van der Waals surface area contributed by atoms with Crippen LogP contribution in [0.2, 0.25) is 0 Å². The third-order valence-corrected chi connectivity index (χ3v) is 7.10. The lowest BCUT2D eigenvalue weighted by atomic mass is 9.73. The predicted octanol–water partition coefficient (Wildman–Crippen LogP) is 1.74. The van der Waals surface area contributed by atoms with Crippen LogP contribution in [-0.4, -0.2) is 82.8 Å². The van der Waals surface area contributed by atoms with Crippen molar-refractivity contribution in [3.8, 4) is 0 Å². The Morgan fingerprint density at radius 3 is 2.64 bits per heavy atom. The molecular formula is C21H30N4O3. The SMILES string of the molecule is O=C(c1cnccn1)N1CCC(N2CC(OCC3CC3)C23CCOCC3)CC1. The number of carbonyl (C=O) groups excluding carboxylic acids is 1. The van der Waals surface area contributed by atoms with Gasteiger partial charge >= 0.3 is 0 Å². The zero-order valence-electron chi connectivity index (χ0n) is 16.5. The summed E-state index contributed by atoms with van der Waals surface area (Å²) in [4.78, 5) is 25.4. The van der Waals surface area contributed by atoms with Crippen molar-refractivity contribution in [1.29, 1.82) is 0 Å². The highest BCUT2D eigenvalue weighted by Gasteiger charge is 2.57. The average molecular weight is 386 g/mol. The Labute approximate surface area is 166 Å². The van der Waals surface area contributed by atoms with E-state index in [1.54, 1.807) is 18.6 Å². The second-order valence-corrected chi connectivity index (χ2v) is 8.75. The van der Waals surface area contributed by atoms with Crippen molar-refractivity contribution in [3.05, 3.63) is 24.3 Å². The summed E-state index contributed by atoms with van der Waals surface area (Å²) < 4.78 is 12.0. The van der Waals surface area contributed by atoms with Crippen molar-refractivity contribution in [3.63, 3.8) is 0 Å². The van der Waals surface area contributed by atoms with E-state index >= 15 is 0 Å². The number of likely N-dealkylation sites (tertiary alicyclic amines) is 2. The van der Waals surface area contributed by atoms with Gasteiger partial charge in [-0.1, -0.05) is 0 Å².